The first-order chi connectivity index (χ1) is 12.6. The van der Waals surface area contributed by atoms with E-state index in [-0.39, 0.29) is 0 Å². The zero-order valence-corrected chi connectivity index (χ0v) is 16.3. The van der Waals surface area contributed by atoms with E-state index in [0.29, 0.717) is 13.3 Å². The van der Waals surface area contributed by atoms with Crippen LogP contribution in [0.25, 0.3) is 11.4 Å². The van der Waals surface area contributed by atoms with Crippen LogP contribution in [0.3, 0.4) is 0 Å². The van der Waals surface area contributed by atoms with Crippen LogP contribution < -0.4 is 9.64 Å². The summed E-state index contributed by atoms with van der Waals surface area (Å²) in [6.45, 7) is 4.29. The van der Waals surface area contributed by atoms with Gasteiger partial charge in [-0.05, 0) is 43.4 Å². The lowest BCUT2D eigenvalue weighted by atomic mass is 10.2. The fourth-order valence-electron chi connectivity index (χ4n) is 2.96. The zero-order chi connectivity index (χ0) is 18.5. The van der Waals surface area contributed by atoms with Crippen LogP contribution in [-0.4, -0.2) is 28.0 Å². The Kier molecular flexibility index (Phi) is 5.85. The minimum Gasteiger partial charge on any atom is -0.494 e. The molecule has 136 valence electrons. The van der Waals surface area contributed by atoms with Gasteiger partial charge in [-0.1, -0.05) is 30.3 Å². The van der Waals surface area contributed by atoms with Gasteiger partial charge < -0.3 is 14.2 Å². The average Bonchev–Trinajstić information content (AvgIpc) is 2.93. The molecule has 0 amide bonds. The quantitative estimate of drug-likeness (QED) is 0.651. The Morgan fingerprint density at radius 3 is 2.42 bits per heavy atom. The van der Waals surface area contributed by atoms with Gasteiger partial charge >= 0.3 is 0 Å². The summed E-state index contributed by atoms with van der Waals surface area (Å²) in [5.41, 5.74) is 2.33. The first-order valence-corrected chi connectivity index (χ1v) is 9.21. The fourth-order valence-corrected chi connectivity index (χ4v) is 3.15. The number of quaternary nitrogens is 1. The minimum atomic E-state index is 0.687. The lowest BCUT2D eigenvalue weighted by molar-refractivity contribution is -0.917. The number of hydrogen-bond donors (Lipinski definition) is 1. The van der Waals surface area contributed by atoms with Crippen molar-refractivity contribution in [3.8, 4) is 17.1 Å². The standard InChI is InChI=1S/C20H24N4OS/c1-4-25-18-12-10-16(11-13-18)14-22(2)15-24-20(26)23(3)19(21-24)17-8-6-5-7-9-17/h5-13H,4,14-15H2,1-3H3/p+1. The highest BCUT2D eigenvalue weighted by Crippen LogP contribution is 2.16. The van der Waals surface area contributed by atoms with Crippen molar-refractivity contribution in [2.45, 2.75) is 20.1 Å². The topological polar surface area (TPSA) is 36.4 Å². The van der Waals surface area contributed by atoms with Crippen LogP contribution in [0.2, 0.25) is 0 Å². The highest BCUT2D eigenvalue weighted by molar-refractivity contribution is 7.71. The number of ether oxygens (including phenoxy) is 1. The molecule has 0 bridgehead atoms. The van der Waals surface area contributed by atoms with Gasteiger partial charge in [0.15, 0.2) is 12.5 Å². The Bertz CT molecular complexity index is 900. The van der Waals surface area contributed by atoms with Gasteiger partial charge in [-0.15, -0.1) is 5.10 Å². The Morgan fingerprint density at radius 2 is 1.77 bits per heavy atom. The van der Waals surface area contributed by atoms with Crippen molar-refractivity contribution < 1.29 is 9.64 Å². The minimum absolute atomic E-state index is 0.687. The molecule has 0 radical (unpaired) electrons. The van der Waals surface area contributed by atoms with E-state index in [2.05, 4.69) is 31.3 Å². The lowest BCUT2D eigenvalue weighted by Crippen LogP contribution is -3.07. The van der Waals surface area contributed by atoms with Gasteiger partial charge in [0.1, 0.15) is 12.3 Å². The van der Waals surface area contributed by atoms with Gasteiger partial charge in [0, 0.05) is 18.2 Å². The summed E-state index contributed by atoms with van der Waals surface area (Å²) in [4.78, 5) is 1.31. The van der Waals surface area contributed by atoms with Crippen molar-refractivity contribution in [3.05, 3.63) is 64.9 Å². The van der Waals surface area contributed by atoms with Crippen LogP contribution in [0, 0.1) is 4.77 Å². The van der Waals surface area contributed by atoms with E-state index in [1.165, 1.54) is 10.5 Å². The molecule has 3 aromatic rings. The molecule has 0 saturated carbocycles. The number of rotatable bonds is 7. The van der Waals surface area contributed by atoms with Crippen molar-refractivity contribution in [3.63, 3.8) is 0 Å². The van der Waals surface area contributed by atoms with E-state index in [0.717, 1.165) is 28.5 Å². The molecule has 0 aliphatic carbocycles. The molecular weight excluding hydrogens is 344 g/mol. The summed E-state index contributed by atoms with van der Waals surface area (Å²) in [6.07, 6.45) is 0. The van der Waals surface area contributed by atoms with E-state index in [1.807, 2.05) is 53.6 Å². The van der Waals surface area contributed by atoms with Crippen molar-refractivity contribution in [2.24, 2.45) is 7.05 Å². The first-order valence-electron chi connectivity index (χ1n) is 8.80. The molecule has 0 aliphatic heterocycles. The normalized spacial score (nSPS) is 12.1. The Morgan fingerprint density at radius 1 is 1.08 bits per heavy atom. The number of nitrogens with one attached hydrogen (secondary N) is 1. The molecule has 1 atom stereocenters. The van der Waals surface area contributed by atoms with Crippen molar-refractivity contribution in [1.29, 1.82) is 0 Å². The van der Waals surface area contributed by atoms with Crippen LogP contribution in [0.1, 0.15) is 12.5 Å². The maximum absolute atomic E-state index is 5.58. The molecule has 1 N–H and O–H groups in total. The van der Waals surface area contributed by atoms with Crippen LogP contribution in [0.4, 0.5) is 0 Å². The molecule has 6 heteroatoms. The molecule has 0 saturated heterocycles. The third-order valence-electron chi connectivity index (χ3n) is 4.23. The van der Waals surface area contributed by atoms with Gasteiger partial charge in [-0.2, -0.15) is 4.68 Å². The number of aromatic nitrogens is 3. The molecule has 2 aromatic carbocycles. The van der Waals surface area contributed by atoms with Gasteiger partial charge in [-0.3, -0.25) is 0 Å². The molecule has 1 aromatic heterocycles. The van der Waals surface area contributed by atoms with Crippen molar-refractivity contribution >= 4 is 12.2 Å². The van der Waals surface area contributed by atoms with E-state index >= 15 is 0 Å². The monoisotopic (exact) mass is 369 g/mol. The second-order valence-electron chi connectivity index (χ2n) is 6.40. The smallest absolute Gasteiger partial charge is 0.202 e. The first kappa shape index (κ1) is 18.4. The van der Waals surface area contributed by atoms with Crippen LogP contribution >= 0.6 is 12.2 Å². The van der Waals surface area contributed by atoms with Gasteiger partial charge in [0.2, 0.25) is 4.77 Å². The largest absolute Gasteiger partial charge is 0.494 e. The summed E-state index contributed by atoms with van der Waals surface area (Å²) < 4.78 is 10.1. The van der Waals surface area contributed by atoms with Gasteiger partial charge in [-0.25, -0.2) is 0 Å². The second kappa shape index (κ2) is 8.29. The lowest BCUT2D eigenvalue weighted by Gasteiger charge is -2.14. The van der Waals surface area contributed by atoms with E-state index in [9.17, 15) is 0 Å². The predicted molar refractivity (Wildman–Crippen MR) is 106 cm³/mol. The highest BCUT2D eigenvalue weighted by atomic mass is 32.1. The zero-order valence-electron chi connectivity index (χ0n) is 15.5. The Balaban J connectivity index is 1.71. The van der Waals surface area contributed by atoms with Crippen LogP contribution in [0.5, 0.6) is 5.75 Å². The highest BCUT2D eigenvalue weighted by Gasteiger charge is 2.13. The molecule has 3 rings (SSSR count). The summed E-state index contributed by atoms with van der Waals surface area (Å²) >= 11 is 5.58. The Labute approximate surface area is 159 Å². The second-order valence-corrected chi connectivity index (χ2v) is 6.76. The molecule has 1 heterocycles. The average molecular weight is 370 g/mol. The van der Waals surface area contributed by atoms with Gasteiger partial charge in [0.05, 0.1) is 13.7 Å². The maximum atomic E-state index is 5.58. The van der Waals surface area contributed by atoms with Crippen molar-refractivity contribution in [1.82, 2.24) is 14.3 Å². The van der Waals surface area contributed by atoms with Crippen LogP contribution in [-0.2, 0) is 20.3 Å². The number of benzene rings is 2. The van der Waals surface area contributed by atoms with Crippen LogP contribution in [0.15, 0.2) is 54.6 Å². The van der Waals surface area contributed by atoms with E-state index in [1.54, 1.807) is 0 Å². The third-order valence-corrected chi connectivity index (χ3v) is 4.72. The summed E-state index contributed by atoms with van der Waals surface area (Å²) in [5, 5.41) is 4.73. The fraction of sp³-hybridized carbons (Fsp3) is 0.300. The number of nitrogens with zero attached hydrogens (tertiary/aromatic N) is 3. The molecule has 1 unspecified atom stereocenters. The molecular formula is C20H25N4OS+. The molecule has 0 fully saturated rings. The van der Waals surface area contributed by atoms with E-state index < -0.39 is 0 Å². The molecule has 26 heavy (non-hydrogen) atoms. The predicted octanol–water partition coefficient (Wildman–Crippen LogP) is 2.69. The van der Waals surface area contributed by atoms with Crippen molar-refractivity contribution in [2.75, 3.05) is 13.7 Å². The summed E-state index contributed by atoms with van der Waals surface area (Å²) in [7, 11) is 4.12. The Hall–Kier alpha value is -2.44. The molecule has 0 aliphatic rings. The molecule has 0 spiro atoms. The van der Waals surface area contributed by atoms with E-state index in [4.69, 9.17) is 22.1 Å². The maximum Gasteiger partial charge on any atom is 0.202 e. The number of hydrogen-bond acceptors (Lipinski definition) is 3. The third kappa shape index (κ3) is 4.20. The molecule has 5 nitrogen and oxygen atoms in total. The SMILES string of the molecule is CCOc1ccc(C[NH+](C)Cn2nc(-c3ccccc3)n(C)c2=S)cc1. The van der Waals surface area contributed by atoms with Gasteiger partial charge in [0.25, 0.3) is 0 Å². The summed E-state index contributed by atoms with van der Waals surface area (Å²) in [5.74, 6) is 1.80. The summed E-state index contributed by atoms with van der Waals surface area (Å²) in [6, 6.07) is 18.4.